The molecule has 0 saturated heterocycles. The van der Waals surface area contributed by atoms with Crippen molar-refractivity contribution in [2.45, 2.75) is 18.5 Å². The highest BCUT2D eigenvalue weighted by Gasteiger charge is 2.40. The Morgan fingerprint density at radius 3 is 1.89 bits per heavy atom. The first-order valence-corrected chi connectivity index (χ1v) is 6.55. The molecule has 2 aromatic heterocycles. The highest BCUT2D eigenvalue weighted by atomic mass is 19.4. The summed E-state index contributed by atoms with van der Waals surface area (Å²) in [5.74, 6) is -1.52. The molecule has 0 radical (unpaired) electrons. The van der Waals surface area contributed by atoms with E-state index in [2.05, 4.69) is 4.98 Å². The highest BCUT2D eigenvalue weighted by molar-refractivity contribution is 5.43. The number of hydrogen-bond acceptors (Lipinski definition) is 3. The molecule has 0 unspecified atom stereocenters. The van der Waals surface area contributed by atoms with Gasteiger partial charge in [0, 0.05) is 12.4 Å². The first-order valence-electron chi connectivity index (χ1n) is 6.55. The minimum atomic E-state index is -5.48. The van der Waals surface area contributed by atoms with Crippen molar-refractivity contribution in [2.75, 3.05) is 0 Å². The number of aromatic nitrogens is 2. The van der Waals surface area contributed by atoms with Gasteiger partial charge in [-0.05, 0) is 12.1 Å². The van der Waals surface area contributed by atoms with Crippen LogP contribution in [0.3, 0.4) is 0 Å². The van der Waals surface area contributed by atoms with Crippen LogP contribution in [-0.2, 0) is 18.5 Å². The van der Waals surface area contributed by atoms with Crippen LogP contribution < -0.4 is 5.56 Å². The van der Waals surface area contributed by atoms with Crippen molar-refractivity contribution in [2.24, 2.45) is 0 Å². The molecule has 144 valence electrons. The second-order valence-corrected chi connectivity index (χ2v) is 5.02. The van der Waals surface area contributed by atoms with Crippen molar-refractivity contribution in [3.63, 3.8) is 0 Å². The summed E-state index contributed by atoms with van der Waals surface area (Å²) < 4.78 is 116. The number of nitriles is 1. The fourth-order valence-electron chi connectivity index (χ4n) is 1.99. The zero-order valence-electron chi connectivity index (χ0n) is 12.5. The zero-order chi connectivity index (χ0) is 20.8. The summed E-state index contributed by atoms with van der Waals surface area (Å²) in [6, 6.07) is 0.809. The molecule has 0 spiro atoms. The molecule has 0 atom stereocenters. The van der Waals surface area contributed by atoms with Gasteiger partial charge < -0.3 is 0 Å². The summed E-state index contributed by atoms with van der Waals surface area (Å²) in [5.41, 5.74) is -8.35. The van der Waals surface area contributed by atoms with E-state index in [1.54, 1.807) is 0 Å². The highest BCUT2D eigenvalue weighted by Crippen LogP contribution is 2.38. The Bertz CT molecular complexity index is 978. The topological polar surface area (TPSA) is 58.7 Å². The van der Waals surface area contributed by atoms with Crippen LogP contribution in [-0.4, -0.2) is 9.55 Å². The third-order valence-electron chi connectivity index (χ3n) is 3.19. The van der Waals surface area contributed by atoms with Crippen molar-refractivity contribution < 1.29 is 39.5 Å². The molecule has 2 heterocycles. The summed E-state index contributed by atoms with van der Waals surface area (Å²) in [4.78, 5) is 14.9. The predicted octanol–water partition coefficient (Wildman–Crippen LogP) is 4.16. The molecule has 0 saturated carbocycles. The quantitative estimate of drug-likeness (QED) is 0.675. The number of pyridine rings is 2. The van der Waals surface area contributed by atoms with Crippen molar-refractivity contribution in [3.05, 3.63) is 57.1 Å². The van der Waals surface area contributed by atoms with E-state index in [1.807, 2.05) is 0 Å². The number of hydrogen-bond donors (Lipinski definition) is 0. The normalized spacial score (nSPS) is 12.7. The molecule has 0 amide bonds. The summed E-state index contributed by atoms with van der Waals surface area (Å²) in [7, 11) is 0. The van der Waals surface area contributed by atoms with Crippen molar-refractivity contribution >= 4 is 0 Å². The van der Waals surface area contributed by atoms with Gasteiger partial charge in [0.15, 0.2) is 5.82 Å². The van der Waals surface area contributed by atoms with Crippen molar-refractivity contribution in [3.8, 4) is 11.9 Å². The maximum absolute atomic E-state index is 13.1. The Hall–Kier alpha value is -3.04. The SMILES string of the molecule is N#Cc1cc(C(F)(F)F)cn(-c2ncc(C(F)(F)F)cc2C(F)(F)F)c1=O. The Labute approximate surface area is 143 Å². The van der Waals surface area contributed by atoms with Gasteiger partial charge in [-0.3, -0.25) is 9.36 Å². The summed E-state index contributed by atoms with van der Waals surface area (Å²) in [6.07, 6.45) is -16.0. The molecule has 0 bridgehead atoms. The fraction of sp³-hybridized carbons (Fsp3) is 0.214. The molecule has 0 aliphatic carbocycles. The van der Waals surface area contributed by atoms with Crippen LogP contribution in [0, 0.1) is 11.3 Å². The molecule has 13 heteroatoms. The Kier molecular flexibility index (Phi) is 4.72. The molecular formula is C14H4F9N3O. The van der Waals surface area contributed by atoms with Gasteiger partial charge in [-0.2, -0.15) is 44.8 Å². The second-order valence-electron chi connectivity index (χ2n) is 5.02. The Morgan fingerprint density at radius 2 is 1.44 bits per heavy atom. The lowest BCUT2D eigenvalue weighted by Gasteiger charge is -2.17. The van der Waals surface area contributed by atoms with Crippen LogP contribution in [0.4, 0.5) is 39.5 Å². The van der Waals surface area contributed by atoms with Crippen molar-refractivity contribution in [1.29, 1.82) is 5.26 Å². The Morgan fingerprint density at radius 1 is 0.889 bits per heavy atom. The molecule has 27 heavy (non-hydrogen) atoms. The fourth-order valence-corrected chi connectivity index (χ4v) is 1.99. The van der Waals surface area contributed by atoms with Gasteiger partial charge in [0.1, 0.15) is 11.6 Å². The van der Waals surface area contributed by atoms with E-state index in [9.17, 15) is 44.3 Å². The molecule has 0 N–H and O–H groups in total. The average molecular weight is 401 g/mol. The number of rotatable bonds is 1. The number of halogens is 9. The lowest BCUT2D eigenvalue weighted by Crippen LogP contribution is -2.27. The van der Waals surface area contributed by atoms with Crippen LogP contribution in [0.15, 0.2) is 29.3 Å². The van der Waals surface area contributed by atoms with E-state index in [4.69, 9.17) is 5.26 Å². The molecule has 0 aromatic carbocycles. The van der Waals surface area contributed by atoms with Gasteiger partial charge in [0.25, 0.3) is 5.56 Å². The third-order valence-corrected chi connectivity index (χ3v) is 3.19. The standard InChI is InChI=1S/C14H4F9N3O/c15-12(16,17)7-2-9(14(21,22)23)10(25-4-7)26-5-8(13(18,19)20)1-6(3-24)11(26)27/h1-2,4-5H. The largest absolute Gasteiger partial charge is 0.419 e. The second kappa shape index (κ2) is 6.29. The molecule has 2 rings (SSSR count). The molecular weight excluding hydrogens is 397 g/mol. The third kappa shape index (κ3) is 4.04. The monoisotopic (exact) mass is 401 g/mol. The van der Waals surface area contributed by atoms with E-state index in [0.717, 1.165) is 6.07 Å². The van der Waals surface area contributed by atoms with Crippen molar-refractivity contribution in [1.82, 2.24) is 9.55 Å². The lowest BCUT2D eigenvalue weighted by molar-refractivity contribution is -0.143. The molecule has 4 nitrogen and oxygen atoms in total. The number of nitrogens with zero attached hydrogens (tertiary/aromatic N) is 3. The minimum absolute atomic E-state index is 0.0661. The van der Waals surface area contributed by atoms with Crippen LogP contribution in [0.25, 0.3) is 5.82 Å². The van der Waals surface area contributed by atoms with Gasteiger partial charge in [-0.1, -0.05) is 0 Å². The maximum atomic E-state index is 13.1. The van der Waals surface area contributed by atoms with Crippen LogP contribution >= 0.6 is 0 Å². The first kappa shape index (κ1) is 20.3. The predicted molar refractivity (Wildman–Crippen MR) is 69.6 cm³/mol. The molecule has 0 fully saturated rings. The minimum Gasteiger partial charge on any atom is -0.267 e. The molecule has 0 aliphatic rings. The van der Waals surface area contributed by atoms with Crippen LogP contribution in [0.1, 0.15) is 22.3 Å². The van der Waals surface area contributed by atoms with E-state index < -0.39 is 52.2 Å². The summed E-state index contributed by atoms with van der Waals surface area (Å²) in [5, 5.41) is 8.74. The zero-order valence-corrected chi connectivity index (χ0v) is 12.5. The Balaban J connectivity index is 2.90. The molecule has 0 aliphatic heterocycles. The average Bonchev–Trinajstić information content (AvgIpc) is 2.51. The lowest BCUT2D eigenvalue weighted by atomic mass is 10.1. The van der Waals surface area contributed by atoms with Gasteiger partial charge in [0.2, 0.25) is 0 Å². The van der Waals surface area contributed by atoms with E-state index in [1.165, 1.54) is 0 Å². The van der Waals surface area contributed by atoms with E-state index in [-0.39, 0.29) is 29.1 Å². The van der Waals surface area contributed by atoms with Gasteiger partial charge >= 0.3 is 18.5 Å². The molecule has 2 aromatic rings. The number of alkyl halides is 9. The van der Waals surface area contributed by atoms with E-state index >= 15 is 0 Å². The first-order chi connectivity index (χ1) is 12.2. The smallest absolute Gasteiger partial charge is 0.267 e. The maximum Gasteiger partial charge on any atom is 0.419 e. The van der Waals surface area contributed by atoms with Gasteiger partial charge in [0.05, 0.1) is 16.7 Å². The van der Waals surface area contributed by atoms with Crippen LogP contribution in [0.5, 0.6) is 0 Å². The van der Waals surface area contributed by atoms with Gasteiger partial charge in [-0.25, -0.2) is 4.98 Å². The summed E-state index contributed by atoms with van der Waals surface area (Å²) in [6.45, 7) is 0. The summed E-state index contributed by atoms with van der Waals surface area (Å²) >= 11 is 0. The van der Waals surface area contributed by atoms with Crippen LogP contribution in [0.2, 0.25) is 0 Å². The van der Waals surface area contributed by atoms with E-state index in [0.29, 0.717) is 0 Å². The van der Waals surface area contributed by atoms with Gasteiger partial charge in [-0.15, -0.1) is 0 Å².